The van der Waals surface area contributed by atoms with Gasteiger partial charge in [0.2, 0.25) is 5.91 Å². The highest BCUT2D eigenvalue weighted by molar-refractivity contribution is 5.78. The lowest BCUT2D eigenvalue weighted by Gasteiger charge is -2.11. The predicted molar refractivity (Wildman–Crippen MR) is 64.0 cm³/mol. The van der Waals surface area contributed by atoms with E-state index in [2.05, 4.69) is 11.4 Å². The second-order valence-electron chi connectivity index (χ2n) is 3.59. The van der Waals surface area contributed by atoms with Crippen molar-refractivity contribution in [1.29, 1.82) is 5.26 Å². The Morgan fingerprint density at radius 2 is 2.18 bits per heavy atom. The topological polar surface area (TPSA) is 62.1 Å². The molecule has 4 heteroatoms. The van der Waals surface area contributed by atoms with E-state index in [9.17, 15) is 4.79 Å². The Labute approximate surface area is 101 Å². The quantitative estimate of drug-likeness (QED) is 0.761. The number of nitrogens with zero attached hydrogens (tertiary/aromatic N) is 1. The van der Waals surface area contributed by atoms with Gasteiger partial charge in [0.05, 0.1) is 6.07 Å². The van der Waals surface area contributed by atoms with Crippen LogP contribution in [0.15, 0.2) is 30.3 Å². The average molecular weight is 232 g/mol. The molecule has 17 heavy (non-hydrogen) atoms. The first-order valence-electron chi connectivity index (χ1n) is 5.59. The predicted octanol–water partition coefficient (Wildman–Crippen LogP) is 1.79. The summed E-state index contributed by atoms with van der Waals surface area (Å²) in [5.41, 5.74) is 0.777. The van der Waals surface area contributed by atoms with Crippen LogP contribution in [0.1, 0.15) is 24.9 Å². The van der Waals surface area contributed by atoms with Crippen LogP contribution in [0.25, 0.3) is 0 Å². The van der Waals surface area contributed by atoms with Crippen LogP contribution in [0.5, 0.6) is 0 Å². The molecule has 0 aliphatic carbocycles. The monoisotopic (exact) mass is 232 g/mol. The molecule has 1 amide bonds. The third-order valence-corrected chi connectivity index (χ3v) is 2.15. The minimum atomic E-state index is -0.617. The number of nitriles is 1. The average Bonchev–Trinajstić information content (AvgIpc) is 2.37. The molecule has 0 heterocycles. The Morgan fingerprint density at radius 1 is 1.47 bits per heavy atom. The summed E-state index contributed by atoms with van der Waals surface area (Å²) in [6, 6.07) is 10.6. The van der Waals surface area contributed by atoms with Crippen LogP contribution in [-0.2, 0) is 9.53 Å². The molecule has 0 saturated carbocycles. The van der Waals surface area contributed by atoms with Crippen LogP contribution in [0.3, 0.4) is 0 Å². The Bertz CT molecular complexity index is 384. The number of benzene rings is 1. The summed E-state index contributed by atoms with van der Waals surface area (Å²) >= 11 is 0. The number of amides is 1. The fourth-order valence-corrected chi connectivity index (χ4v) is 1.35. The smallest absolute Gasteiger partial charge is 0.247 e. The Kier molecular flexibility index (Phi) is 5.76. The van der Waals surface area contributed by atoms with E-state index < -0.39 is 6.04 Å². The van der Waals surface area contributed by atoms with Crippen molar-refractivity contribution in [3.63, 3.8) is 0 Å². The van der Waals surface area contributed by atoms with Crippen molar-refractivity contribution in [1.82, 2.24) is 5.32 Å². The first kappa shape index (κ1) is 13.2. The number of nitrogens with one attached hydrogen (secondary N) is 1. The second-order valence-corrected chi connectivity index (χ2v) is 3.59. The zero-order valence-corrected chi connectivity index (χ0v) is 9.85. The zero-order valence-electron chi connectivity index (χ0n) is 9.85. The molecule has 1 atom stereocenters. The number of hydrogen-bond donors (Lipinski definition) is 1. The van der Waals surface area contributed by atoms with Crippen molar-refractivity contribution in [2.24, 2.45) is 0 Å². The Hall–Kier alpha value is -1.86. The highest BCUT2D eigenvalue weighted by Crippen LogP contribution is 2.10. The third-order valence-electron chi connectivity index (χ3n) is 2.15. The van der Waals surface area contributed by atoms with Gasteiger partial charge in [-0.15, -0.1) is 0 Å². The van der Waals surface area contributed by atoms with E-state index in [1.165, 1.54) is 0 Å². The summed E-state index contributed by atoms with van der Waals surface area (Å²) in [7, 11) is 0. The fraction of sp³-hybridized carbons (Fsp3) is 0.385. The molecule has 1 unspecified atom stereocenters. The normalized spacial score (nSPS) is 11.5. The van der Waals surface area contributed by atoms with E-state index in [1.807, 2.05) is 25.1 Å². The van der Waals surface area contributed by atoms with Gasteiger partial charge in [-0.2, -0.15) is 5.26 Å². The summed E-state index contributed by atoms with van der Waals surface area (Å²) in [5, 5.41) is 11.6. The van der Waals surface area contributed by atoms with Gasteiger partial charge in [-0.25, -0.2) is 0 Å². The molecular weight excluding hydrogens is 216 g/mol. The molecule has 0 aliphatic heterocycles. The summed E-state index contributed by atoms with van der Waals surface area (Å²) < 4.78 is 5.10. The molecule has 1 rings (SSSR count). The van der Waals surface area contributed by atoms with E-state index in [1.54, 1.807) is 12.1 Å². The molecule has 1 aromatic rings. The molecule has 90 valence electrons. The van der Waals surface area contributed by atoms with Gasteiger partial charge in [0.25, 0.3) is 0 Å². The summed E-state index contributed by atoms with van der Waals surface area (Å²) in [6.45, 7) is 2.52. The van der Waals surface area contributed by atoms with Gasteiger partial charge in [-0.05, 0) is 12.0 Å². The van der Waals surface area contributed by atoms with Crippen molar-refractivity contribution in [3.8, 4) is 6.07 Å². The molecule has 0 bridgehead atoms. The van der Waals surface area contributed by atoms with Crippen LogP contribution >= 0.6 is 0 Å². The number of carbonyl (C=O) groups excluding carboxylic acids is 1. The number of rotatable bonds is 6. The maximum Gasteiger partial charge on any atom is 0.247 e. The third kappa shape index (κ3) is 4.66. The summed E-state index contributed by atoms with van der Waals surface area (Å²) in [4.78, 5) is 11.5. The molecule has 0 radical (unpaired) electrons. The Balaban J connectivity index is 2.48. The van der Waals surface area contributed by atoms with Crippen molar-refractivity contribution < 1.29 is 9.53 Å². The van der Waals surface area contributed by atoms with Crippen LogP contribution in [-0.4, -0.2) is 19.1 Å². The SMILES string of the molecule is CCCOCC(=O)NC(C#N)c1ccccc1. The minimum Gasteiger partial charge on any atom is -0.372 e. The Morgan fingerprint density at radius 3 is 2.76 bits per heavy atom. The van der Waals surface area contributed by atoms with Crippen LogP contribution in [0, 0.1) is 11.3 Å². The maximum absolute atomic E-state index is 11.5. The molecule has 0 fully saturated rings. The highest BCUT2D eigenvalue weighted by Gasteiger charge is 2.12. The summed E-state index contributed by atoms with van der Waals surface area (Å²) in [6.07, 6.45) is 0.869. The maximum atomic E-state index is 11.5. The molecule has 0 saturated heterocycles. The molecule has 1 N–H and O–H groups in total. The highest BCUT2D eigenvalue weighted by atomic mass is 16.5. The number of hydrogen-bond acceptors (Lipinski definition) is 3. The van der Waals surface area contributed by atoms with Gasteiger partial charge in [-0.1, -0.05) is 37.3 Å². The molecular formula is C13H16N2O2. The standard InChI is InChI=1S/C13H16N2O2/c1-2-8-17-10-13(16)15-12(9-14)11-6-4-3-5-7-11/h3-7,12H,2,8,10H2,1H3,(H,15,16). The molecule has 0 aromatic heterocycles. The second kappa shape index (κ2) is 7.42. The number of ether oxygens (including phenoxy) is 1. The van der Waals surface area contributed by atoms with E-state index in [0.29, 0.717) is 6.61 Å². The minimum absolute atomic E-state index is 0.00114. The van der Waals surface area contributed by atoms with Gasteiger partial charge in [0.1, 0.15) is 12.6 Å². The van der Waals surface area contributed by atoms with Crippen LogP contribution < -0.4 is 5.32 Å². The van der Waals surface area contributed by atoms with Gasteiger partial charge in [0.15, 0.2) is 0 Å². The molecule has 4 nitrogen and oxygen atoms in total. The van der Waals surface area contributed by atoms with E-state index >= 15 is 0 Å². The fourth-order valence-electron chi connectivity index (χ4n) is 1.35. The number of carbonyl (C=O) groups is 1. The lowest BCUT2D eigenvalue weighted by atomic mass is 10.1. The van der Waals surface area contributed by atoms with Crippen molar-refractivity contribution >= 4 is 5.91 Å². The first-order valence-corrected chi connectivity index (χ1v) is 5.59. The van der Waals surface area contributed by atoms with Crippen molar-refractivity contribution in [2.75, 3.05) is 13.2 Å². The first-order chi connectivity index (χ1) is 8.27. The lowest BCUT2D eigenvalue weighted by Crippen LogP contribution is -2.31. The van der Waals surface area contributed by atoms with Gasteiger partial charge in [0, 0.05) is 6.61 Å². The van der Waals surface area contributed by atoms with Crippen molar-refractivity contribution in [3.05, 3.63) is 35.9 Å². The largest absolute Gasteiger partial charge is 0.372 e. The van der Waals surface area contributed by atoms with E-state index in [4.69, 9.17) is 10.00 Å². The van der Waals surface area contributed by atoms with Crippen molar-refractivity contribution in [2.45, 2.75) is 19.4 Å². The van der Waals surface area contributed by atoms with Gasteiger partial charge in [-0.3, -0.25) is 4.79 Å². The molecule has 0 aliphatic rings. The van der Waals surface area contributed by atoms with Crippen LogP contribution in [0.4, 0.5) is 0 Å². The molecule has 1 aromatic carbocycles. The lowest BCUT2D eigenvalue weighted by molar-refractivity contribution is -0.126. The zero-order chi connectivity index (χ0) is 12.5. The van der Waals surface area contributed by atoms with E-state index in [-0.39, 0.29) is 12.5 Å². The van der Waals surface area contributed by atoms with E-state index in [0.717, 1.165) is 12.0 Å². The summed E-state index contributed by atoms with van der Waals surface area (Å²) in [5.74, 6) is -0.270. The van der Waals surface area contributed by atoms with Gasteiger partial charge < -0.3 is 10.1 Å². The molecule has 0 spiro atoms. The van der Waals surface area contributed by atoms with Gasteiger partial charge >= 0.3 is 0 Å². The van der Waals surface area contributed by atoms with Crippen LogP contribution in [0.2, 0.25) is 0 Å².